The molecule has 27 heavy (non-hydrogen) atoms. The van der Waals surface area contributed by atoms with Crippen LogP contribution in [0.15, 0.2) is 48.8 Å². The minimum atomic E-state index is -0.341. The van der Waals surface area contributed by atoms with E-state index in [4.69, 9.17) is 16.3 Å². The molecule has 1 aliphatic carbocycles. The van der Waals surface area contributed by atoms with Gasteiger partial charge < -0.3 is 10.1 Å². The summed E-state index contributed by atoms with van der Waals surface area (Å²) in [7, 11) is 0. The van der Waals surface area contributed by atoms with Crippen molar-refractivity contribution in [3.05, 3.63) is 59.5 Å². The van der Waals surface area contributed by atoms with Crippen LogP contribution in [0.1, 0.15) is 36.2 Å². The number of nitrogens with one attached hydrogen (secondary N) is 1. The van der Waals surface area contributed by atoms with Gasteiger partial charge in [0.1, 0.15) is 5.69 Å². The molecule has 0 aliphatic heterocycles. The summed E-state index contributed by atoms with van der Waals surface area (Å²) in [6, 6.07) is 10.9. The molecule has 1 aromatic carbocycles. The fraction of sp³-hybridized carbons (Fsp3) is 0.286. The average Bonchev–Trinajstić information content (AvgIpc) is 3.20. The van der Waals surface area contributed by atoms with Gasteiger partial charge >= 0.3 is 0 Å². The minimum Gasteiger partial charge on any atom is -0.477 e. The van der Waals surface area contributed by atoms with E-state index in [9.17, 15) is 4.79 Å². The molecule has 3 aromatic rings. The molecule has 1 amide bonds. The predicted molar refractivity (Wildman–Crippen MR) is 106 cm³/mol. The van der Waals surface area contributed by atoms with Crippen LogP contribution in [-0.2, 0) is 0 Å². The molecule has 2 heterocycles. The summed E-state index contributed by atoms with van der Waals surface area (Å²) in [6.07, 6.45) is 8.32. The molecule has 0 bridgehead atoms. The number of aromatic nitrogens is 2. The standard InChI is InChI=1S/C21H20ClN3O2/c22-18-6-3-10-23-19(18)20(26)25-16-7-8-17-15(12-16)9-11-24-21(17)27-13-14-4-1-2-5-14/h3,6-12,14H,1-2,4-5,13H2,(H,25,26). The summed E-state index contributed by atoms with van der Waals surface area (Å²) in [6.45, 7) is 0.711. The molecule has 0 radical (unpaired) electrons. The first-order chi connectivity index (χ1) is 13.2. The number of carbonyl (C=O) groups excluding carboxylic acids is 1. The highest BCUT2D eigenvalue weighted by Gasteiger charge is 2.17. The SMILES string of the molecule is O=C(Nc1ccc2c(OCC3CCCC3)nccc2c1)c1ncccc1Cl. The molecule has 5 nitrogen and oxygen atoms in total. The number of benzene rings is 1. The number of amides is 1. The third-order valence-corrected chi connectivity index (χ3v) is 5.19. The zero-order valence-electron chi connectivity index (χ0n) is 14.8. The summed E-state index contributed by atoms with van der Waals surface area (Å²) in [5.41, 5.74) is 0.872. The Morgan fingerprint density at radius 1 is 1.15 bits per heavy atom. The van der Waals surface area contributed by atoms with E-state index in [2.05, 4.69) is 15.3 Å². The topological polar surface area (TPSA) is 64.1 Å². The highest BCUT2D eigenvalue weighted by molar-refractivity contribution is 6.34. The predicted octanol–water partition coefficient (Wildman–Crippen LogP) is 5.10. The van der Waals surface area contributed by atoms with Gasteiger partial charge in [0, 0.05) is 23.5 Å². The van der Waals surface area contributed by atoms with Gasteiger partial charge in [-0.2, -0.15) is 0 Å². The number of fused-ring (bicyclic) bond motifs is 1. The van der Waals surface area contributed by atoms with Crippen LogP contribution in [0, 0.1) is 5.92 Å². The van der Waals surface area contributed by atoms with Crippen molar-refractivity contribution in [1.82, 2.24) is 9.97 Å². The summed E-state index contributed by atoms with van der Waals surface area (Å²) >= 11 is 6.04. The number of anilines is 1. The van der Waals surface area contributed by atoms with Gasteiger partial charge in [-0.3, -0.25) is 4.79 Å². The van der Waals surface area contributed by atoms with Crippen LogP contribution in [0.2, 0.25) is 5.02 Å². The Hall–Kier alpha value is -2.66. The molecule has 0 saturated heterocycles. The van der Waals surface area contributed by atoms with E-state index in [-0.39, 0.29) is 11.6 Å². The first kappa shape index (κ1) is 17.7. The minimum absolute atomic E-state index is 0.203. The fourth-order valence-electron chi connectivity index (χ4n) is 3.46. The van der Waals surface area contributed by atoms with Crippen LogP contribution >= 0.6 is 11.6 Å². The van der Waals surface area contributed by atoms with Gasteiger partial charge in [0.15, 0.2) is 0 Å². The van der Waals surface area contributed by atoms with E-state index < -0.39 is 0 Å². The maximum atomic E-state index is 12.4. The van der Waals surface area contributed by atoms with Gasteiger partial charge in [-0.05, 0) is 60.5 Å². The van der Waals surface area contributed by atoms with Gasteiger partial charge in [-0.25, -0.2) is 9.97 Å². The van der Waals surface area contributed by atoms with Crippen LogP contribution in [0.5, 0.6) is 5.88 Å². The smallest absolute Gasteiger partial charge is 0.275 e. The first-order valence-electron chi connectivity index (χ1n) is 9.14. The van der Waals surface area contributed by atoms with Gasteiger partial charge in [0.25, 0.3) is 5.91 Å². The van der Waals surface area contributed by atoms with E-state index >= 15 is 0 Å². The largest absolute Gasteiger partial charge is 0.477 e. The molecule has 2 aromatic heterocycles. The number of halogens is 1. The summed E-state index contributed by atoms with van der Waals surface area (Å²) in [4.78, 5) is 20.8. The zero-order valence-corrected chi connectivity index (χ0v) is 15.6. The van der Waals surface area contributed by atoms with E-state index in [1.165, 1.54) is 25.7 Å². The molecule has 1 fully saturated rings. The lowest BCUT2D eigenvalue weighted by Gasteiger charge is -2.13. The second-order valence-corrected chi connectivity index (χ2v) is 7.21. The van der Waals surface area contributed by atoms with Crippen molar-refractivity contribution in [1.29, 1.82) is 0 Å². The third-order valence-electron chi connectivity index (χ3n) is 4.89. The van der Waals surface area contributed by atoms with Gasteiger partial charge in [0.2, 0.25) is 5.88 Å². The maximum absolute atomic E-state index is 12.4. The Bertz CT molecular complexity index is 971. The number of ether oxygens (including phenoxy) is 1. The fourth-order valence-corrected chi connectivity index (χ4v) is 3.67. The van der Waals surface area contributed by atoms with E-state index in [1.54, 1.807) is 24.5 Å². The van der Waals surface area contributed by atoms with Crippen molar-refractivity contribution < 1.29 is 9.53 Å². The maximum Gasteiger partial charge on any atom is 0.275 e. The second kappa shape index (κ2) is 7.92. The van der Waals surface area contributed by atoms with E-state index in [0.717, 1.165) is 10.8 Å². The molecule has 4 rings (SSSR count). The van der Waals surface area contributed by atoms with Crippen molar-refractivity contribution in [2.75, 3.05) is 11.9 Å². The average molecular weight is 382 g/mol. The van der Waals surface area contributed by atoms with Crippen molar-refractivity contribution >= 4 is 34.0 Å². The zero-order chi connectivity index (χ0) is 18.6. The number of carbonyl (C=O) groups is 1. The summed E-state index contributed by atoms with van der Waals surface area (Å²) in [5.74, 6) is 0.931. The Morgan fingerprint density at radius 2 is 2.00 bits per heavy atom. The highest BCUT2D eigenvalue weighted by Crippen LogP contribution is 2.29. The lowest BCUT2D eigenvalue weighted by Crippen LogP contribution is -2.14. The molecular formula is C21H20ClN3O2. The molecule has 1 N–H and O–H groups in total. The molecule has 0 atom stereocenters. The monoisotopic (exact) mass is 381 g/mol. The van der Waals surface area contributed by atoms with Gasteiger partial charge in [-0.1, -0.05) is 24.4 Å². The lowest BCUT2D eigenvalue weighted by atomic mass is 10.1. The van der Waals surface area contributed by atoms with Gasteiger partial charge in [0.05, 0.1) is 11.6 Å². The van der Waals surface area contributed by atoms with E-state index in [1.807, 2.05) is 24.3 Å². The second-order valence-electron chi connectivity index (χ2n) is 6.80. The number of pyridine rings is 2. The van der Waals surface area contributed by atoms with Gasteiger partial charge in [-0.15, -0.1) is 0 Å². The molecule has 1 aliphatic rings. The summed E-state index contributed by atoms with van der Waals surface area (Å²) < 4.78 is 5.98. The van der Waals surface area contributed by atoms with Crippen molar-refractivity contribution in [3.63, 3.8) is 0 Å². The highest BCUT2D eigenvalue weighted by atomic mass is 35.5. The van der Waals surface area contributed by atoms with Crippen LogP contribution in [0.3, 0.4) is 0 Å². The Morgan fingerprint density at radius 3 is 2.81 bits per heavy atom. The van der Waals surface area contributed by atoms with E-state index in [0.29, 0.717) is 29.1 Å². The quantitative estimate of drug-likeness (QED) is 0.667. The van der Waals surface area contributed by atoms with Crippen LogP contribution < -0.4 is 10.1 Å². The molecule has 138 valence electrons. The lowest BCUT2D eigenvalue weighted by molar-refractivity contribution is 0.102. The molecular weight excluding hydrogens is 362 g/mol. The Balaban J connectivity index is 1.52. The molecule has 6 heteroatoms. The molecule has 0 unspecified atom stereocenters. The Kier molecular flexibility index (Phi) is 5.21. The van der Waals surface area contributed by atoms with Crippen molar-refractivity contribution in [2.24, 2.45) is 5.92 Å². The van der Waals surface area contributed by atoms with Crippen molar-refractivity contribution in [3.8, 4) is 5.88 Å². The normalized spacial score (nSPS) is 14.4. The third kappa shape index (κ3) is 4.03. The van der Waals surface area contributed by atoms with Crippen LogP contribution in [0.25, 0.3) is 10.8 Å². The Labute approximate surface area is 162 Å². The number of hydrogen-bond donors (Lipinski definition) is 1. The first-order valence-corrected chi connectivity index (χ1v) is 9.52. The molecule has 1 saturated carbocycles. The van der Waals surface area contributed by atoms with Crippen LogP contribution in [-0.4, -0.2) is 22.5 Å². The summed E-state index contributed by atoms with van der Waals surface area (Å²) in [5, 5.41) is 5.05. The molecule has 0 spiro atoms. The number of rotatable bonds is 5. The van der Waals surface area contributed by atoms with Crippen molar-refractivity contribution in [2.45, 2.75) is 25.7 Å². The number of hydrogen-bond acceptors (Lipinski definition) is 4. The van der Waals surface area contributed by atoms with Crippen LogP contribution in [0.4, 0.5) is 5.69 Å². The number of nitrogens with zero attached hydrogens (tertiary/aromatic N) is 2.